The average molecular weight is 290 g/mol. The summed E-state index contributed by atoms with van der Waals surface area (Å²) in [5.41, 5.74) is 0.788. The number of aromatic hydroxyl groups is 1. The minimum absolute atomic E-state index is 0.0333. The molecule has 0 fully saturated rings. The first-order valence-corrected chi connectivity index (χ1v) is 6.18. The fourth-order valence-electron chi connectivity index (χ4n) is 1.87. The van der Waals surface area contributed by atoms with E-state index in [0.29, 0.717) is 16.7 Å². The summed E-state index contributed by atoms with van der Waals surface area (Å²) in [5, 5.41) is 13.0. The second-order valence-corrected chi connectivity index (χ2v) is 4.56. The van der Waals surface area contributed by atoms with Crippen molar-refractivity contribution in [3.63, 3.8) is 0 Å². The Bertz CT molecular complexity index is 794. The van der Waals surface area contributed by atoms with E-state index in [0.717, 1.165) is 0 Å². The Kier molecular flexibility index (Phi) is 3.12. The van der Waals surface area contributed by atoms with E-state index < -0.39 is 5.82 Å². The van der Waals surface area contributed by atoms with Crippen molar-refractivity contribution in [2.45, 2.75) is 0 Å². The Hall–Kier alpha value is -2.40. The fraction of sp³-hybridized carbons (Fsp3) is 0. The molecule has 2 N–H and O–H groups in total. The van der Waals surface area contributed by atoms with Gasteiger partial charge in [-0.3, -0.25) is 0 Å². The van der Waals surface area contributed by atoms with Crippen molar-refractivity contribution < 1.29 is 9.50 Å². The molecule has 0 aliphatic carbocycles. The van der Waals surface area contributed by atoms with Gasteiger partial charge in [0.1, 0.15) is 17.9 Å². The van der Waals surface area contributed by atoms with E-state index >= 15 is 0 Å². The first-order valence-electron chi connectivity index (χ1n) is 5.80. The molecule has 0 bridgehead atoms. The van der Waals surface area contributed by atoms with Crippen molar-refractivity contribution in [2.24, 2.45) is 0 Å². The molecule has 100 valence electrons. The molecule has 0 radical (unpaired) electrons. The van der Waals surface area contributed by atoms with E-state index in [-0.39, 0.29) is 16.5 Å². The largest absolute Gasteiger partial charge is 0.508 e. The molecule has 6 heteroatoms. The quantitative estimate of drug-likeness (QED) is 0.752. The van der Waals surface area contributed by atoms with E-state index in [1.807, 2.05) is 0 Å². The molecule has 0 spiro atoms. The van der Waals surface area contributed by atoms with Crippen LogP contribution in [0.15, 0.2) is 42.7 Å². The number of hydrogen-bond acceptors (Lipinski definition) is 4. The lowest BCUT2D eigenvalue weighted by Gasteiger charge is -2.09. The van der Waals surface area contributed by atoms with Gasteiger partial charge in [-0.25, -0.2) is 14.4 Å². The number of nitrogens with one attached hydrogen (secondary N) is 1. The van der Waals surface area contributed by atoms with Crippen LogP contribution in [0.1, 0.15) is 0 Å². The van der Waals surface area contributed by atoms with Crippen LogP contribution in [0.2, 0.25) is 5.02 Å². The Morgan fingerprint density at radius 2 is 2.00 bits per heavy atom. The average Bonchev–Trinajstić information content (AvgIpc) is 2.44. The van der Waals surface area contributed by atoms with Gasteiger partial charge in [0.2, 0.25) is 0 Å². The topological polar surface area (TPSA) is 58.0 Å². The van der Waals surface area contributed by atoms with Crippen LogP contribution in [0.4, 0.5) is 15.9 Å². The lowest BCUT2D eigenvalue weighted by Crippen LogP contribution is -1.98. The fourth-order valence-corrected chi connectivity index (χ4v) is 2.05. The van der Waals surface area contributed by atoms with Gasteiger partial charge in [0, 0.05) is 11.5 Å². The number of fused-ring (bicyclic) bond motifs is 1. The van der Waals surface area contributed by atoms with Gasteiger partial charge in [-0.2, -0.15) is 0 Å². The number of hydrogen-bond donors (Lipinski definition) is 2. The molecule has 0 saturated carbocycles. The second kappa shape index (κ2) is 4.94. The predicted octanol–water partition coefficient (Wildman–Crippen LogP) is 3.87. The monoisotopic (exact) mass is 289 g/mol. The van der Waals surface area contributed by atoms with Gasteiger partial charge in [0.15, 0.2) is 5.82 Å². The van der Waals surface area contributed by atoms with Crippen LogP contribution >= 0.6 is 11.6 Å². The van der Waals surface area contributed by atoms with Crippen molar-refractivity contribution in [1.82, 2.24) is 9.97 Å². The van der Waals surface area contributed by atoms with Crippen molar-refractivity contribution in [3.8, 4) is 5.75 Å². The second-order valence-electron chi connectivity index (χ2n) is 4.15. The Balaban J connectivity index is 2.09. The zero-order valence-corrected chi connectivity index (χ0v) is 10.9. The van der Waals surface area contributed by atoms with Crippen LogP contribution in [0.3, 0.4) is 0 Å². The molecule has 4 nitrogen and oxygen atoms in total. The number of anilines is 2. The van der Waals surface area contributed by atoms with Gasteiger partial charge >= 0.3 is 0 Å². The highest BCUT2D eigenvalue weighted by molar-refractivity contribution is 6.31. The highest BCUT2D eigenvalue weighted by Crippen LogP contribution is 2.28. The van der Waals surface area contributed by atoms with Gasteiger partial charge in [-0.1, -0.05) is 17.7 Å². The Labute approximate surface area is 118 Å². The van der Waals surface area contributed by atoms with E-state index in [1.165, 1.54) is 24.5 Å². The maximum absolute atomic E-state index is 13.9. The Morgan fingerprint density at radius 1 is 1.15 bits per heavy atom. The molecule has 1 heterocycles. The van der Waals surface area contributed by atoms with Gasteiger partial charge in [-0.05, 0) is 24.3 Å². The van der Waals surface area contributed by atoms with Gasteiger partial charge < -0.3 is 10.4 Å². The molecule has 0 atom stereocenters. The van der Waals surface area contributed by atoms with Crippen LogP contribution in [0.5, 0.6) is 5.75 Å². The molecule has 0 aliphatic rings. The molecule has 3 rings (SSSR count). The summed E-state index contributed by atoms with van der Waals surface area (Å²) < 4.78 is 13.9. The van der Waals surface area contributed by atoms with Crippen LogP contribution in [-0.4, -0.2) is 15.1 Å². The summed E-state index contributed by atoms with van der Waals surface area (Å²) >= 11 is 5.74. The number of phenolic OH excluding ortho intramolecular Hbond substituents is 1. The smallest absolute Gasteiger partial charge is 0.165 e. The van der Waals surface area contributed by atoms with Crippen LogP contribution in [0.25, 0.3) is 10.9 Å². The molecule has 0 unspecified atom stereocenters. The van der Waals surface area contributed by atoms with Crippen molar-refractivity contribution in [3.05, 3.63) is 53.6 Å². The molecule has 2 aromatic carbocycles. The third kappa shape index (κ3) is 2.23. The van der Waals surface area contributed by atoms with Crippen LogP contribution in [0, 0.1) is 5.82 Å². The number of aromatic nitrogens is 2. The lowest BCUT2D eigenvalue weighted by atomic mass is 10.2. The molecule has 1 aromatic heterocycles. The predicted molar refractivity (Wildman–Crippen MR) is 75.9 cm³/mol. The summed E-state index contributed by atoms with van der Waals surface area (Å²) in [6, 6.07) is 9.37. The first kappa shape index (κ1) is 12.6. The maximum atomic E-state index is 13.9. The standard InChI is InChI=1S/C14H9ClFN3O/c15-10-2-1-3-11(13(10)16)19-14-9-5-4-8(20)6-12(9)17-7-18-14/h1-7,20H,(H,17,18,19). The molecular formula is C14H9ClFN3O. The number of rotatable bonds is 2. The lowest BCUT2D eigenvalue weighted by molar-refractivity contribution is 0.476. The van der Waals surface area contributed by atoms with Crippen LogP contribution in [-0.2, 0) is 0 Å². The van der Waals surface area contributed by atoms with E-state index in [1.54, 1.807) is 18.2 Å². The zero-order valence-electron chi connectivity index (χ0n) is 10.1. The van der Waals surface area contributed by atoms with E-state index in [9.17, 15) is 9.50 Å². The third-order valence-electron chi connectivity index (χ3n) is 2.82. The van der Waals surface area contributed by atoms with Gasteiger partial charge in [0.05, 0.1) is 16.2 Å². The van der Waals surface area contributed by atoms with Gasteiger partial charge in [-0.15, -0.1) is 0 Å². The maximum Gasteiger partial charge on any atom is 0.165 e. The van der Waals surface area contributed by atoms with Crippen molar-refractivity contribution >= 4 is 34.0 Å². The van der Waals surface area contributed by atoms with Gasteiger partial charge in [0.25, 0.3) is 0 Å². The van der Waals surface area contributed by atoms with Crippen molar-refractivity contribution in [1.29, 1.82) is 0 Å². The third-order valence-corrected chi connectivity index (χ3v) is 3.12. The summed E-state index contributed by atoms with van der Waals surface area (Å²) in [6.07, 6.45) is 1.34. The van der Waals surface area contributed by atoms with Crippen LogP contribution < -0.4 is 5.32 Å². The summed E-state index contributed by atoms with van der Waals surface area (Å²) in [4.78, 5) is 8.14. The Morgan fingerprint density at radius 3 is 2.85 bits per heavy atom. The van der Waals surface area contributed by atoms with E-state index in [4.69, 9.17) is 11.6 Å². The summed E-state index contributed by atoms with van der Waals surface area (Å²) in [5.74, 6) is 0.00644. The number of nitrogens with zero attached hydrogens (tertiary/aromatic N) is 2. The summed E-state index contributed by atoms with van der Waals surface area (Å²) in [6.45, 7) is 0. The minimum Gasteiger partial charge on any atom is -0.508 e. The highest BCUT2D eigenvalue weighted by atomic mass is 35.5. The number of benzene rings is 2. The van der Waals surface area contributed by atoms with E-state index in [2.05, 4.69) is 15.3 Å². The molecule has 3 aromatic rings. The molecule has 0 aliphatic heterocycles. The normalized spacial score (nSPS) is 10.7. The molecule has 20 heavy (non-hydrogen) atoms. The molecule has 0 saturated heterocycles. The molecule has 0 amide bonds. The highest BCUT2D eigenvalue weighted by Gasteiger charge is 2.09. The number of halogens is 2. The molecular weight excluding hydrogens is 281 g/mol. The SMILES string of the molecule is Oc1ccc2c(Nc3cccc(Cl)c3F)ncnc2c1. The zero-order chi connectivity index (χ0) is 14.1. The van der Waals surface area contributed by atoms with Crippen molar-refractivity contribution in [2.75, 3.05) is 5.32 Å². The summed E-state index contributed by atoms with van der Waals surface area (Å²) in [7, 11) is 0. The minimum atomic E-state index is -0.542. The first-order chi connectivity index (χ1) is 9.65. The number of phenols is 1.